The molecule has 2 aliphatic rings. The molecule has 1 N–H and O–H groups in total. The van der Waals surface area contributed by atoms with Crippen LogP contribution in [0.5, 0.6) is 0 Å². The van der Waals surface area contributed by atoms with Gasteiger partial charge in [0, 0.05) is 5.92 Å². The molecule has 0 bridgehead atoms. The van der Waals surface area contributed by atoms with E-state index in [-0.39, 0.29) is 18.1 Å². The van der Waals surface area contributed by atoms with Crippen molar-refractivity contribution in [3.63, 3.8) is 0 Å². The zero-order valence-electron chi connectivity index (χ0n) is 12.4. The molecule has 1 aromatic carbocycles. The van der Waals surface area contributed by atoms with Crippen LogP contribution in [0, 0.1) is 5.92 Å². The molecule has 5 atom stereocenters. The van der Waals surface area contributed by atoms with Crippen molar-refractivity contribution in [3.05, 3.63) is 48.6 Å². The van der Waals surface area contributed by atoms with E-state index in [0.717, 1.165) is 5.56 Å². The minimum atomic E-state index is -0.655. The van der Waals surface area contributed by atoms with Gasteiger partial charge in [0.15, 0.2) is 5.79 Å². The van der Waals surface area contributed by atoms with Gasteiger partial charge in [0.1, 0.15) is 12.2 Å². The lowest BCUT2D eigenvalue weighted by Crippen LogP contribution is -2.37. The molecule has 3 rings (SSSR count). The van der Waals surface area contributed by atoms with Crippen LogP contribution in [0.3, 0.4) is 0 Å². The normalized spacial score (nSPS) is 37.4. The van der Waals surface area contributed by atoms with Gasteiger partial charge in [-0.05, 0) is 19.4 Å². The Morgan fingerprint density at radius 2 is 1.90 bits per heavy atom. The van der Waals surface area contributed by atoms with Crippen LogP contribution in [-0.2, 0) is 20.8 Å². The second-order valence-corrected chi connectivity index (χ2v) is 6.13. The molecule has 0 radical (unpaired) electrons. The van der Waals surface area contributed by atoms with Gasteiger partial charge >= 0.3 is 0 Å². The van der Waals surface area contributed by atoms with E-state index in [1.54, 1.807) is 6.08 Å². The van der Waals surface area contributed by atoms with Crippen LogP contribution in [0.15, 0.2) is 43.0 Å². The lowest BCUT2D eigenvalue weighted by atomic mass is 10.0. The molecule has 0 unspecified atom stereocenters. The van der Waals surface area contributed by atoms with E-state index >= 15 is 0 Å². The average Bonchev–Trinajstić information content (AvgIpc) is 2.87. The molecule has 4 heteroatoms. The van der Waals surface area contributed by atoms with Gasteiger partial charge in [-0.1, -0.05) is 36.4 Å². The predicted molar refractivity (Wildman–Crippen MR) is 78.5 cm³/mol. The molecule has 1 saturated heterocycles. The molecule has 2 fully saturated rings. The van der Waals surface area contributed by atoms with Crippen molar-refractivity contribution < 1.29 is 19.3 Å². The zero-order chi connectivity index (χ0) is 15.0. The number of hydrogen-bond donors (Lipinski definition) is 1. The van der Waals surface area contributed by atoms with Crippen LogP contribution in [0.4, 0.5) is 0 Å². The standard InChI is InChI=1S/C17H22O4/c1-4-12-13(18)15(16-14(12)20-17(2,3)21-16)19-10-11-8-6-5-7-9-11/h4-9,12-16,18H,1,10H2,2-3H3/t12-,13-,14-,15-,16-/m0/s1. The van der Waals surface area contributed by atoms with E-state index in [9.17, 15) is 5.11 Å². The predicted octanol–water partition coefficient (Wildman–Crippen LogP) is 2.27. The summed E-state index contributed by atoms with van der Waals surface area (Å²) in [6.07, 6.45) is 0.214. The Morgan fingerprint density at radius 1 is 1.24 bits per heavy atom. The smallest absolute Gasteiger partial charge is 0.163 e. The third-order valence-electron chi connectivity index (χ3n) is 4.16. The minimum Gasteiger partial charge on any atom is -0.390 e. The lowest BCUT2D eigenvalue weighted by molar-refractivity contribution is -0.186. The van der Waals surface area contributed by atoms with Crippen molar-refractivity contribution in [2.24, 2.45) is 5.92 Å². The van der Waals surface area contributed by atoms with Crippen molar-refractivity contribution >= 4 is 0 Å². The summed E-state index contributed by atoms with van der Waals surface area (Å²) in [7, 11) is 0. The van der Waals surface area contributed by atoms with Gasteiger partial charge in [0.05, 0.1) is 18.8 Å². The van der Waals surface area contributed by atoms with Gasteiger partial charge in [0.25, 0.3) is 0 Å². The third-order valence-corrected chi connectivity index (χ3v) is 4.16. The molecule has 1 aliphatic heterocycles. The summed E-state index contributed by atoms with van der Waals surface area (Å²) >= 11 is 0. The number of rotatable bonds is 4. The lowest BCUT2D eigenvalue weighted by Gasteiger charge is -2.26. The summed E-state index contributed by atoms with van der Waals surface area (Å²) < 4.78 is 17.8. The average molecular weight is 290 g/mol. The third kappa shape index (κ3) is 2.77. The molecule has 1 heterocycles. The Kier molecular flexibility index (Phi) is 3.88. The Balaban J connectivity index is 1.73. The quantitative estimate of drug-likeness (QED) is 0.864. The highest BCUT2D eigenvalue weighted by Crippen LogP contribution is 2.43. The zero-order valence-corrected chi connectivity index (χ0v) is 12.4. The molecule has 1 saturated carbocycles. The van der Waals surface area contributed by atoms with Crippen LogP contribution in [-0.4, -0.2) is 35.3 Å². The largest absolute Gasteiger partial charge is 0.390 e. The molecule has 1 aliphatic carbocycles. The first kappa shape index (κ1) is 14.7. The summed E-state index contributed by atoms with van der Waals surface area (Å²) in [4.78, 5) is 0. The summed E-state index contributed by atoms with van der Waals surface area (Å²) in [6, 6.07) is 9.91. The van der Waals surface area contributed by atoms with E-state index in [1.807, 2.05) is 44.2 Å². The summed E-state index contributed by atoms with van der Waals surface area (Å²) in [5.41, 5.74) is 1.07. The first-order valence-electron chi connectivity index (χ1n) is 7.33. The summed E-state index contributed by atoms with van der Waals surface area (Å²) in [6.45, 7) is 8.01. The number of hydrogen-bond acceptors (Lipinski definition) is 4. The van der Waals surface area contributed by atoms with Crippen LogP contribution in [0.2, 0.25) is 0 Å². The van der Waals surface area contributed by atoms with Crippen molar-refractivity contribution in [2.45, 2.75) is 50.7 Å². The fourth-order valence-corrected chi connectivity index (χ4v) is 3.21. The minimum absolute atomic E-state index is 0.169. The molecule has 0 spiro atoms. The molecular formula is C17H22O4. The van der Waals surface area contributed by atoms with Crippen molar-refractivity contribution in [2.75, 3.05) is 0 Å². The highest BCUT2D eigenvalue weighted by molar-refractivity contribution is 5.14. The maximum Gasteiger partial charge on any atom is 0.163 e. The molecule has 1 aromatic rings. The van der Waals surface area contributed by atoms with Gasteiger partial charge in [-0.25, -0.2) is 0 Å². The highest BCUT2D eigenvalue weighted by atomic mass is 16.8. The number of benzene rings is 1. The van der Waals surface area contributed by atoms with Crippen molar-refractivity contribution in [1.29, 1.82) is 0 Å². The van der Waals surface area contributed by atoms with Gasteiger partial charge in [-0.3, -0.25) is 0 Å². The topological polar surface area (TPSA) is 47.9 Å². The Bertz CT molecular complexity index is 499. The van der Waals surface area contributed by atoms with Crippen molar-refractivity contribution in [1.82, 2.24) is 0 Å². The monoisotopic (exact) mass is 290 g/mol. The Morgan fingerprint density at radius 3 is 2.57 bits per heavy atom. The van der Waals surface area contributed by atoms with E-state index in [2.05, 4.69) is 6.58 Å². The molecular weight excluding hydrogens is 268 g/mol. The Labute approximate surface area is 125 Å². The van der Waals surface area contributed by atoms with Crippen LogP contribution < -0.4 is 0 Å². The highest BCUT2D eigenvalue weighted by Gasteiger charge is 2.58. The number of fused-ring (bicyclic) bond motifs is 1. The number of aliphatic hydroxyl groups is 1. The van der Waals surface area contributed by atoms with Crippen LogP contribution in [0.25, 0.3) is 0 Å². The molecule has 0 amide bonds. The fourth-order valence-electron chi connectivity index (χ4n) is 3.21. The summed E-state index contributed by atoms with van der Waals surface area (Å²) in [5, 5.41) is 10.4. The summed E-state index contributed by atoms with van der Waals surface area (Å²) in [5.74, 6) is -0.817. The maximum absolute atomic E-state index is 10.4. The first-order valence-corrected chi connectivity index (χ1v) is 7.33. The van der Waals surface area contributed by atoms with Crippen molar-refractivity contribution in [3.8, 4) is 0 Å². The van der Waals surface area contributed by atoms with Gasteiger partial charge < -0.3 is 19.3 Å². The second-order valence-electron chi connectivity index (χ2n) is 6.13. The molecule has 21 heavy (non-hydrogen) atoms. The second kappa shape index (κ2) is 5.54. The maximum atomic E-state index is 10.4. The molecule has 4 nitrogen and oxygen atoms in total. The number of ether oxygens (including phenoxy) is 3. The fraction of sp³-hybridized carbons (Fsp3) is 0.529. The van der Waals surface area contributed by atoms with E-state index in [0.29, 0.717) is 6.61 Å². The Hall–Kier alpha value is -1.20. The number of aliphatic hydroxyl groups excluding tert-OH is 1. The first-order chi connectivity index (χ1) is 10.0. The van der Waals surface area contributed by atoms with E-state index in [1.165, 1.54) is 0 Å². The van der Waals surface area contributed by atoms with E-state index < -0.39 is 18.0 Å². The molecule has 0 aromatic heterocycles. The van der Waals surface area contributed by atoms with Gasteiger partial charge in [0.2, 0.25) is 0 Å². The SMILES string of the molecule is C=C[C@H]1[C@H](O)[C@H](OCc2ccccc2)[C@H]2OC(C)(C)O[C@@H]12. The van der Waals surface area contributed by atoms with Crippen LogP contribution in [0.1, 0.15) is 19.4 Å². The van der Waals surface area contributed by atoms with Gasteiger partial charge in [-0.2, -0.15) is 0 Å². The van der Waals surface area contributed by atoms with E-state index in [4.69, 9.17) is 14.2 Å². The van der Waals surface area contributed by atoms with Crippen LogP contribution >= 0.6 is 0 Å². The molecule has 114 valence electrons. The van der Waals surface area contributed by atoms with Gasteiger partial charge in [-0.15, -0.1) is 6.58 Å².